The number of carbonyl (C=O) groups excluding carboxylic acids is 1. The fraction of sp³-hybridized carbons (Fsp3) is 0.434. The van der Waals surface area contributed by atoms with Crippen LogP contribution in [-0.4, -0.2) is 128 Å². The van der Waals surface area contributed by atoms with E-state index in [1.54, 1.807) is 34.4 Å². The molecule has 3 unspecified atom stereocenters. The molecule has 6 aliphatic rings. The standard InChI is InChI=1S/C29H35NO.C28H29NO3S.C28H33NO.2C22H32O/c1-5-12-28(24-13-8-6-9-14-24)29(25-15-10-7-11-16-25)26-17-19-27(20-18-26)31-22-21-30(4)23(2)3;1-18(2)29(4)15-16-32-23-12-9-20(10-13-23)27(31)26-24-14-11-22(30)17-25(24)33-28(26)21-7-5-19(3)6-8-21;1-5-27(23-12-8-6-9-13-23)28(24-14-10-7-11-15-24)25-16-18-26(19-17-25)30-21-20-29(4)22(2)3;1-14(2)23-21-10-9-20-19-8-6-16-13-15(3)5-7-17(16)18(19)11-12-22(20,21)4;1-13(2)18-12-15-11-14(3)5-6-16(15)17-9-10-22(4)19(21(17)18)7-8-20(22)23/h6-11,13-20,23H,5,12,21-22H2,1-4H3;5-14,17-18,30H,15-16H2,1-4H3;6-19,22H,5,20-21H2,1-4H3;5,7,13-14,18-21H,6,8-12H2,1-4H3;5-6,11,13,17-21,23H,7-10,12H2,1-4H3/b29-28-;;28-27-;;/t;;;18?,19-,20+,21+,22+;17?,18?,19-,20-,21-,22-/m...10/s1. The highest BCUT2D eigenvalue weighted by Gasteiger charge is 2.58. The molecule has 12 aromatic rings. The minimum Gasteiger partial charge on any atom is -0.508 e. The topological polar surface area (TPSA) is 104 Å². The number of aromatic hydroxyl groups is 1. The van der Waals surface area contributed by atoms with Gasteiger partial charge in [0.15, 0.2) is 5.78 Å². The molecule has 11 atom stereocenters. The summed E-state index contributed by atoms with van der Waals surface area (Å²) in [5.41, 5.74) is 26.3. The maximum absolute atomic E-state index is 13.7. The van der Waals surface area contributed by atoms with Crippen molar-refractivity contribution >= 4 is 49.5 Å². The summed E-state index contributed by atoms with van der Waals surface area (Å²) in [5.74, 6) is 9.08. The summed E-state index contributed by atoms with van der Waals surface area (Å²) in [4.78, 5) is 21.4. The highest BCUT2D eigenvalue weighted by atomic mass is 32.1. The van der Waals surface area contributed by atoms with Crippen molar-refractivity contribution < 1.29 is 34.0 Å². The molecule has 4 saturated carbocycles. The van der Waals surface area contributed by atoms with E-state index in [4.69, 9.17) is 18.9 Å². The average molecular weight is 1900 g/mol. The second-order valence-corrected chi connectivity index (χ2v) is 44.0. The lowest BCUT2D eigenvalue weighted by atomic mass is 9.51. The van der Waals surface area contributed by atoms with E-state index in [9.17, 15) is 15.0 Å². The molecule has 11 aromatic carbocycles. The normalized spacial score (nSPS) is 21.4. The van der Waals surface area contributed by atoms with Crippen molar-refractivity contribution in [1.29, 1.82) is 0 Å². The molecule has 10 nitrogen and oxygen atoms in total. The molecule has 18 rings (SSSR count). The number of ether oxygens (including phenoxy) is 4. The minimum atomic E-state index is -0.0688. The summed E-state index contributed by atoms with van der Waals surface area (Å²) < 4.78 is 25.1. The van der Waals surface area contributed by atoms with Crippen molar-refractivity contribution in [3.63, 3.8) is 0 Å². The molecular formula is C129H161N3O7S. The second kappa shape index (κ2) is 49.0. The number of phenols is 1. The van der Waals surface area contributed by atoms with Crippen molar-refractivity contribution in [3.05, 3.63) is 356 Å². The van der Waals surface area contributed by atoms with Crippen LogP contribution in [0, 0.1) is 67.1 Å². The lowest BCUT2D eigenvalue weighted by Gasteiger charge is -2.54. The lowest BCUT2D eigenvalue weighted by Crippen LogP contribution is -2.48. The number of likely N-dealkylation sites (N-methyl/N-ethyl adjacent to an activating group) is 3. The Morgan fingerprint density at radius 1 is 0.450 bits per heavy atom. The number of phenolic OH excluding ortho intramolecular Hbond substituents is 1. The number of rotatable bonds is 30. The van der Waals surface area contributed by atoms with E-state index < -0.39 is 0 Å². The molecular weight excluding hydrogens is 1740 g/mol. The van der Waals surface area contributed by atoms with Crippen molar-refractivity contribution in [2.45, 2.75) is 256 Å². The SMILES string of the molecule is CC/C(=C(\c1ccccc1)c1ccc(OCCN(C)C(C)C)cc1)c1ccccc1.CCC/C(=C(\c1ccccc1)c1ccc(OCCN(C)C(C)C)cc1)c1ccccc1.Cc1ccc(-c2sc3cc(O)ccc3c2C(=O)c2ccc(OCCN(C)C(C)C)cc2)cc1.Cc1ccc2c(c1)CC(C(C)C)[C@@H]1C2CC[C@]2(C)[C@@H](O)CC[C@@H]12.Cc1ccc2c(c1)CC[C@@H]1C2CC[C@]2(C)[C@@H](OC(C)C)CC[C@@H]12. The molecule has 0 saturated heterocycles. The maximum atomic E-state index is 13.7. The molecule has 1 aromatic heterocycles. The van der Waals surface area contributed by atoms with Crippen LogP contribution in [0.15, 0.2) is 273 Å². The third-order valence-electron chi connectivity index (χ3n) is 32.2. The molecule has 0 bridgehead atoms. The number of aliphatic hydroxyl groups excluding tert-OH is 1. The van der Waals surface area contributed by atoms with Crippen LogP contribution >= 0.6 is 11.3 Å². The Labute approximate surface area is 845 Å². The number of hydrogen-bond donors (Lipinski definition) is 2. The first-order chi connectivity index (χ1) is 67.4. The predicted molar refractivity (Wildman–Crippen MR) is 590 cm³/mol. The van der Waals surface area contributed by atoms with Crippen LogP contribution in [0.5, 0.6) is 23.0 Å². The van der Waals surface area contributed by atoms with Gasteiger partial charge in [-0.3, -0.25) is 4.79 Å². The fourth-order valence-electron chi connectivity index (χ4n) is 23.6. The Morgan fingerprint density at radius 3 is 1.38 bits per heavy atom. The number of ketones is 1. The largest absolute Gasteiger partial charge is 0.508 e. The lowest BCUT2D eigenvalue weighted by molar-refractivity contribution is -0.0860. The summed E-state index contributed by atoms with van der Waals surface area (Å²) in [6.45, 7) is 42.9. The van der Waals surface area contributed by atoms with E-state index in [2.05, 4.69) is 353 Å². The summed E-state index contributed by atoms with van der Waals surface area (Å²) in [5, 5.41) is 21.5. The summed E-state index contributed by atoms with van der Waals surface area (Å²) in [6, 6.07) is 96.6. The second-order valence-electron chi connectivity index (χ2n) is 43.0. The highest BCUT2D eigenvalue weighted by molar-refractivity contribution is 7.22. The van der Waals surface area contributed by atoms with E-state index in [1.807, 2.05) is 61.5 Å². The number of nitrogens with zero attached hydrogens (tertiary/aromatic N) is 3. The molecule has 4 fully saturated rings. The first kappa shape index (κ1) is 105. The number of hydrogen-bond acceptors (Lipinski definition) is 11. The Morgan fingerprint density at radius 2 is 0.893 bits per heavy atom. The van der Waals surface area contributed by atoms with Gasteiger partial charge in [0.2, 0.25) is 0 Å². The zero-order valence-electron chi connectivity index (χ0n) is 87.9. The van der Waals surface area contributed by atoms with Gasteiger partial charge in [-0.2, -0.15) is 0 Å². The molecule has 11 heteroatoms. The maximum Gasteiger partial charge on any atom is 0.195 e. The van der Waals surface area contributed by atoms with Gasteiger partial charge in [0.1, 0.15) is 42.8 Å². The van der Waals surface area contributed by atoms with Crippen molar-refractivity contribution in [3.8, 4) is 33.4 Å². The molecule has 1 heterocycles. The number of benzene rings is 11. The Balaban J connectivity index is 0.000000140. The average Bonchev–Trinajstić information content (AvgIpc) is 1.09. The molecule has 0 amide bonds. The van der Waals surface area contributed by atoms with Gasteiger partial charge < -0.3 is 43.9 Å². The van der Waals surface area contributed by atoms with E-state index in [-0.39, 0.29) is 23.1 Å². The quantitative estimate of drug-likeness (QED) is 0.0334. The van der Waals surface area contributed by atoms with Gasteiger partial charge in [0.25, 0.3) is 0 Å². The first-order valence-electron chi connectivity index (χ1n) is 52.8. The number of allylic oxidation sites excluding steroid dienone is 2. The molecule has 2 N–H and O–H groups in total. The van der Waals surface area contributed by atoms with Crippen molar-refractivity contribution in [2.75, 3.05) is 60.6 Å². The van der Waals surface area contributed by atoms with E-state index in [0.29, 0.717) is 66.7 Å². The molecule has 740 valence electrons. The van der Waals surface area contributed by atoms with Gasteiger partial charge in [-0.1, -0.05) is 271 Å². The summed E-state index contributed by atoms with van der Waals surface area (Å²) in [6.07, 6.45) is 18.0. The zero-order chi connectivity index (χ0) is 99.5. The molecule has 140 heavy (non-hydrogen) atoms. The van der Waals surface area contributed by atoms with Crippen LogP contribution in [0.4, 0.5) is 0 Å². The van der Waals surface area contributed by atoms with E-state index in [1.165, 1.54) is 148 Å². The minimum absolute atomic E-state index is 0.0337. The Hall–Kier alpha value is -10.5. The van der Waals surface area contributed by atoms with Crippen LogP contribution in [0.1, 0.15) is 274 Å². The number of thiophene rings is 1. The number of aliphatic hydroxyl groups is 1. The van der Waals surface area contributed by atoms with Gasteiger partial charge in [-0.05, 0) is 389 Å². The van der Waals surface area contributed by atoms with E-state index >= 15 is 0 Å². The summed E-state index contributed by atoms with van der Waals surface area (Å²) in [7, 11) is 6.34. The van der Waals surface area contributed by atoms with Crippen molar-refractivity contribution in [1.82, 2.24) is 14.7 Å². The van der Waals surface area contributed by atoms with Crippen LogP contribution in [0.25, 0.3) is 42.8 Å². The highest BCUT2D eigenvalue weighted by Crippen LogP contribution is 2.64. The number of fused-ring (bicyclic) bond motifs is 11. The van der Waals surface area contributed by atoms with Gasteiger partial charge in [0, 0.05) is 63.8 Å². The van der Waals surface area contributed by atoms with Gasteiger partial charge in [-0.15, -0.1) is 11.3 Å². The fourth-order valence-corrected chi connectivity index (χ4v) is 24.8. The molecule has 0 aliphatic heterocycles. The number of carbonyl (C=O) groups is 1. The molecule has 0 spiro atoms. The van der Waals surface area contributed by atoms with Gasteiger partial charge >= 0.3 is 0 Å². The van der Waals surface area contributed by atoms with Crippen LogP contribution in [0.2, 0.25) is 0 Å². The van der Waals surface area contributed by atoms with Crippen LogP contribution in [0.3, 0.4) is 0 Å². The van der Waals surface area contributed by atoms with Gasteiger partial charge in [0.05, 0.1) is 18.3 Å². The summed E-state index contributed by atoms with van der Waals surface area (Å²) >= 11 is 1.53. The molecule has 6 aliphatic carbocycles. The van der Waals surface area contributed by atoms with Crippen LogP contribution < -0.4 is 14.2 Å². The molecule has 0 radical (unpaired) electrons. The zero-order valence-corrected chi connectivity index (χ0v) is 88.7. The smallest absolute Gasteiger partial charge is 0.195 e. The monoisotopic (exact) mass is 1900 g/mol. The Kier molecular flexibility index (Phi) is 36.9. The predicted octanol–water partition coefficient (Wildman–Crippen LogP) is 31.2. The van der Waals surface area contributed by atoms with E-state index in [0.717, 1.165) is 130 Å². The van der Waals surface area contributed by atoms with Crippen molar-refractivity contribution in [2.24, 2.45) is 46.3 Å². The third-order valence-corrected chi connectivity index (χ3v) is 33.4. The first-order valence-corrected chi connectivity index (χ1v) is 53.6. The van der Waals surface area contributed by atoms with Crippen LogP contribution in [-0.2, 0) is 17.6 Å². The Bertz CT molecular complexity index is 6000. The van der Waals surface area contributed by atoms with Gasteiger partial charge in [-0.25, -0.2) is 0 Å². The number of aryl methyl sites for hydroxylation is 4. The third kappa shape index (κ3) is 25.6.